The van der Waals surface area contributed by atoms with Crippen molar-refractivity contribution in [3.05, 3.63) is 66.0 Å². The maximum Gasteiger partial charge on any atom is 0.256 e. The van der Waals surface area contributed by atoms with Crippen LogP contribution < -0.4 is 5.56 Å². The number of morpholine rings is 1. The predicted molar refractivity (Wildman–Crippen MR) is 122 cm³/mol. The Morgan fingerprint density at radius 3 is 2.52 bits per heavy atom. The SMILES string of the molecule is Cc1cc(C)c(CN2CCc3c(Cl)cc(C(C)N4CCOCC4)c(Cl)c3C2=O)c(=O)[nH]1. The Kier molecular flexibility index (Phi) is 6.44. The van der Waals surface area contributed by atoms with Crippen molar-refractivity contribution in [2.24, 2.45) is 0 Å². The molecular formula is C23H27Cl2N3O3. The van der Waals surface area contributed by atoms with Crippen molar-refractivity contribution in [1.29, 1.82) is 0 Å². The average molecular weight is 464 g/mol. The zero-order valence-corrected chi connectivity index (χ0v) is 19.6. The van der Waals surface area contributed by atoms with Gasteiger partial charge in [0, 0.05) is 42.0 Å². The zero-order chi connectivity index (χ0) is 22.3. The first-order valence-corrected chi connectivity index (χ1v) is 11.3. The van der Waals surface area contributed by atoms with E-state index in [0.29, 0.717) is 47.4 Å². The van der Waals surface area contributed by atoms with Crippen LogP contribution in [0.15, 0.2) is 16.9 Å². The molecule has 2 aliphatic rings. The highest BCUT2D eigenvalue weighted by molar-refractivity contribution is 6.37. The number of carbonyl (C=O) groups excluding carboxylic acids is 1. The van der Waals surface area contributed by atoms with Crippen molar-refractivity contribution in [2.45, 2.75) is 39.8 Å². The zero-order valence-electron chi connectivity index (χ0n) is 18.1. The van der Waals surface area contributed by atoms with E-state index in [0.717, 1.165) is 35.5 Å². The first-order valence-electron chi connectivity index (χ1n) is 10.6. The lowest BCUT2D eigenvalue weighted by Crippen LogP contribution is -2.40. The van der Waals surface area contributed by atoms with Crippen LogP contribution >= 0.6 is 23.2 Å². The minimum Gasteiger partial charge on any atom is -0.379 e. The largest absolute Gasteiger partial charge is 0.379 e. The number of ether oxygens (including phenoxy) is 1. The predicted octanol–water partition coefficient (Wildman–Crippen LogP) is 3.89. The summed E-state index contributed by atoms with van der Waals surface area (Å²) in [5.74, 6) is -0.177. The summed E-state index contributed by atoms with van der Waals surface area (Å²) < 4.78 is 5.45. The number of halogens is 2. The van der Waals surface area contributed by atoms with Crippen LogP contribution in [0.3, 0.4) is 0 Å². The number of aromatic amines is 1. The number of amides is 1. The highest BCUT2D eigenvalue weighted by Gasteiger charge is 2.32. The van der Waals surface area contributed by atoms with Crippen molar-refractivity contribution in [3.63, 3.8) is 0 Å². The summed E-state index contributed by atoms with van der Waals surface area (Å²) in [6.45, 7) is 9.53. The Labute approximate surface area is 192 Å². The minimum absolute atomic E-state index is 0.0181. The molecule has 1 atom stereocenters. The fourth-order valence-corrected chi connectivity index (χ4v) is 5.26. The van der Waals surface area contributed by atoms with E-state index >= 15 is 0 Å². The molecule has 0 bridgehead atoms. The average Bonchev–Trinajstić information content (AvgIpc) is 2.74. The molecule has 2 aromatic rings. The smallest absolute Gasteiger partial charge is 0.256 e. The molecule has 166 valence electrons. The lowest BCUT2D eigenvalue weighted by molar-refractivity contribution is 0.0198. The van der Waals surface area contributed by atoms with E-state index in [9.17, 15) is 9.59 Å². The van der Waals surface area contributed by atoms with Gasteiger partial charge in [-0.05, 0) is 56.0 Å². The molecule has 0 saturated carbocycles. The summed E-state index contributed by atoms with van der Waals surface area (Å²) in [5.41, 5.74) is 4.23. The first kappa shape index (κ1) is 22.3. The molecule has 0 radical (unpaired) electrons. The number of benzene rings is 1. The fourth-order valence-electron chi connectivity index (χ4n) is 4.54. The number of aromatic nitrogens is 1. The summed E-state index contributed by atoms with van der Waals surface area (Å²) in [7, 11) is 0. The second kappa shape index (κ2) is 8.94. The maximum absolute atomic E-state index is 13.5. The van der Waals surface area contributed by atoms with Gasteiger partial charge in [-0.15, -0.1) is 0 Å². The molecule has 1 fully saturated rings. The molecule has 0 aliphatic carbocycles. The van der Waals surface area contributed by atoms with Crippen molar-refractivity contribution in [1.82, 2.24) is 14.8 Å². The summed E-state index contributed by atoms with van der Waals surface area (Å²) in [6, 6.07) is 3.84. The molecule has 1 unspecified atom stereocenters. The third-order valence-corrected chi connectivity index (χ3v) is 7.11. The van der Waals surface area contributed by atoms with Crippen molar-refractivity contribution in [3.8, 4) is 0 Å². The number of aryl methyl sites for hydroxylation is 2. The van der Waals surface area contributed by atoms with Crippen molar-refractivity contribution >= 4 is 29.1 Å². The normalized spacial score (nSPS) is 18.2. The molecule has 0 spiro atoms. The number of nitrogens with one attached hydrogen (secondary N) is 1. The number of H-pyrrole nitrogens is 1. The molecule has 1 aromatic carbocycles. The summed E-state index contributed by atoms with van der Waals surface area (Å²) >= 11 is 13.4. The molecule has 1 N–H and O–H groups in total. The van der Waals surface area contributed by atoms with Gasteiger partial charge in [0.2, 0.25) is 0 Å². The van der Waals surface area contributed by atoms with Gasteiger partial charge in [-0.1, -0.05) is 23.2 Å². The standard InChI is InChI=1S/C23H27Cl2N3O3/c1-13-10-14(2)26-22(29)18(13)12-28-5-4-16-19(24)11-17(21(25)20(16)23(28)30)15(3)27-6-8-31-9-7-27/h10-11,15H,4-9,12H2,1-3H3,(H,26,29). The lowest BCUT2D eigenvalue weighted by Gasteiger charge is -2.35. The van der Waals surface area contributed by atoms with Gasteiger partial charge in [0.25, 0.3) is 11.5 Å². The second-order valence-electron chi connectivity index (χ2n) is 8.36. The lowest BCUT2D eigenvalue weighted by atomic mass is 9.93. The van der Waals surface area contributed by atoms with Crippen LogP contribution in [0, 0.1) is 13.8 Å². The number of carbonyl (C=O) groups is 1. The monoisotopic (exact) mass is 463 g/mol. The second-order valence-corrected chi connectivity index (χ2v) is 9.14. The minimum atomic E-state index is -0.177. The van der Waals surface area contributed by atoms with E-state index in [1.54, 1.807) is 4.90 Å². The van der Waals surface area contributed by atoms with Gasteiger partial charge >= 0.3 is 0 Å². The van der Waals surface area contributed by atoms with Gasteiger partial charge in [0.15, 0.2) is 0 Å². The Bertz CT molecular complexity index is 1080. The third-order valence-electron chi connectivity index (χ3n) is 6.36. The number of rotatable bonds is 4. The van der Waals surface area contributed by atoms with E-state index < -0.39 is 0 Å². The summed E-state index contributed by atoms with van der Waals surface area (Å²) in [4.78, 5) is 32.7. The molecule has 2 aliphatic heterocycles. The molecule has 1 saturated heterocycles. The molecular weight excluding hydrogens is 437 g/mol. The highest BCUT2D eigenvalue weighted by Crippen LogP contribution is 2.39. The van der Waals surface area contributed by atoms with Gasteiger partial charge in [-0.2, -0.15) is 0 Å². The highest BCUT2D eigenvalue weighted by atomic mass is 35.5. The molecule has 31 heavy (non-hydrogen) atoms. The quantitative estimate of drug-likeness (QED) is 0.746. The van der Waals surface area contributed by atoms with Gasteiger partial charge in [0.05, 0.1) is 30.3 Å². The van der Waals surface area contributed by atoms with Gasteiger partial charge in [0.1, 0.15) is 0 Å². The summed E-state index contributed by atoms with van der Waals surface area (Å²) in [6.07, 6.45) is 0.606. The Hall–Kier alpha value is -1.86. The van der Waals surface area contributed by atoms with Crippen molar-refractivity contribution in [2.75, 3.05) is 32.8 Å². The van der Waals surface area contributed by atoms with Crippen LogP contribution in [0.2, 0.25) is 10.0 Å². The molecule has 1 amide bonds. The molecule has 8 heteroatoms. The number of hydrogen-bond donors (Lipinski definition) is 1. The summed E-state index contributed by atoms with van der Waals surface area (Å²) in [5, 5.41) is 1.04. The van der Waals surface area contributed by atoms with Crippen LogP contribution in [-0.2, 0) is 17.7 Å². The van der Waals surface area contributed by atoms with Crippen LogP contribution in [-0.4, -0.2) is 53.5 Å². The van der Waals surface area contributed by atoms with Crippen LogP contribution in [0.4, 0.5) is 0 Å². The Morgan fingerprint density at radius 2 is 1.84 bits per heavy atom. The molecule has 1 aromatic heterocycles. The maximum atomic E-state index is 13.5. The number of pyridine rings is 1. The fraction of sp³-hybridized carbons (Fsp3) is 0.478. The number of hydrogen-bond acceptors (Lipinski definition) is 4. The third kappa shape index (κ3) is 4.27. The first-order chi connectivity index (χ1) is 14.8. The van der Waals surface area contributed by atoms with Crippen LogP contribution in [0.25, 0.3) is 0 Å². The molecule has 3 heterocycles. The Morgan fingerprint density at radius 1 is 1.13 bits per heavy atom. The van der Waals surface area contributed by atoms with Crippen LogP contribution in [0.5, 0.6) is 0 Å². The van der Waals surface area contributed by atoms with Gasteiger partial charge in [-0.3, -0.25) is 14.5 Å². The van der Waals surface area contributed by atoms with Crippen molar-refractivity contribution < 1.29 is 9.53 Å². The van der Waals surface area contributed by atoms with E-state index in [2.05, 4.69) is 16.8 Å². The Balaban J connectivity index is 1.68. The molecule has 6 nitrogen and oxygen atoms in total. The van der Waals surface area contributed by atoms with E-state index in [-0.39, 0.29) is 24.1 Å². The topological polar surface area (TPSA) is 65.6 Å². The molecule has 4 rings (SSSR count). The van der Waals surface area contributed by atoms with E-state index in [1.165, 1.54) is 0 Å². The van der Waals surface area contributed by atoms with E-state index in [1.807, 2.05) is 26.0 Å². The van der Waals surface area contributed by atoms with Gasteiger partial charge in [-0.25, -0.2) is 0 Å². The number of nitrogens with zero attached hydrogens (tertiary/aromatic N) is 2. The van der Waals surface area contributed by atoms with E-state index in [4.69, 9.17) is 27.9 Å². The van der Waals surface area contributed by atoms with Crippen LogP contribution in [0.1, 0.15) is 51.3 Å². The van der Waals surface area contributed by atoms with Gasteiger partial charge < -0.3 is 14.6 Å². The number of fused-ring (bicyclic) bond motifs is 1.